The second kappa shape index (κ2) is 6.23. The first-order valence-corrected chi connectivity index (χ1v) is 6.53. The Hall–Kier alpha value is -2.03. The molecule has 0 spiro atoms. The van der Waals surface area contributed by atoms with Gasteiger partial charge in [0.1, 0.15) is 12.9 Å². The Morgan fingerprint density at radius 1 is 1.58 bits per heavy atom. The molecule has 0 atom stereocenters. The minimum absolute atomic E-state index is 0.0806. The second-order valence-electron chi connectivity index (χ2n) is 3.95. The van der Waals surface area contributed by atoms with Gasteiger partial charge < -0.3 is 14.4 Å². The number of nitrogens with zero attached hydrogens (tertiary/aromatic N) is 1. The van der Waals surface area contributed by atoms with Crippen LogP contribution in [-0.4, -0.2) is 29.6 Å². The number of hydrogen-bond donors (Lipinski definition) is 1. The molecule has 0 bridgehead atoms. The first kappa shape index (κ1) is 13.4. The van der Waals surface area contributed by atoms with Gasteiger partial charge in [0, 0.05) is 13.6 Å². The summed E-state index contributed by atoms with van der Waals surface area (Å²) >= 11 is 1.50. The first-order valence-electron chi connectivity index (χ1n) is 5.65. The summed E-state index contributed by atoms with van der Waals surface area (Å²) in [4.78, 5) is 14.5. The zero-order valence-electron chi connectivity index (χ0n) is 10.4. The Labute approximate surface area is 115 Å². The predicted molar refractivity (Wildman–Crippen MR) is 72.8 cm³/mol. The number of aliphatic hydroxyl groups excluding tert-OH is 1. The van der Waals surface area contributed by atoms with Crippen LogP contribution in [0.3, 0.4) is 0 Å². The molecule has 0 saturated heterocycles. The lowest BCUT2D eigenvalue weighted by Crippen LogP contribution is -2.25. The van der Waals surface area contributed by atoms with Gasteiger partial charge in [0.05, 0.1) is 16.7 Å². The summed E-state index contributed by atoms with van der Waals surface area (Å²) in [5, 5.41) is 10.6. The minimum Gasteiger partial charge on any atom is -0.472 e. The van der Waals surface area contributed by atoms with Crippen LogP contribution in [0.4, 0.5) is 0 Å². The zero-order valence-corrected chi connectivity index (χ0v) is 11.2. The number of amides is 1. The third-order valence-corrected chi connectivity index (χ3v) is 3.37. The minimum atomic E-state index is -0.147. The van der Waals surface area contributed by atoms with Gasteiger partial charge in [-0.15, -0.1) is 11.3 Å². The van der Waals surface area contributed by atoms with Crippen molar-refractivity contribution in [2.45, 2.75) is 6.54 Å². The van der Waals surface area contributed by atoms with Gasteiger partial charge in [-0.05, 0) is 23.1 Å². The fourth-order valence-corrected chi connectivity index (χ4v) is 2.37. The van der Waals surface area contributed by atoms with Crippen LogP contribution in [0.2, 0.25) is 0 Å². The second-order valence-corrected chi connectivity index (χ2v) is 4.86. The molecule has 4 nitrogen and oxygen atoms in total. The van der Waals surface area contributed by atoms with Crippen LogP contribution in [0, 0.1) is 11.8 Å². The van der Waals surface area contributed by atoms with Gasteiger partial charge in [-0.2, -0.15) is 0 Å². The zero-order chi connectivity index (χ0) is 13.7. The van der Waals surface area contributed by atoms with Gasteiger partial charge in [-0.1, -0.05) is 11.8 Å². The van der Waals surface area contributed by atoms with Crippen molar-refractivity contribution in [1.29, 1.82) is 0 Å². The molecule has 1 amide bonds. The van der Waals surface area contributed by atoms with Crippen molar-refractivity contribution in [3.63, 3.8) is 0 Å². The maximum atomic E-state index is 12.0. The highest BCUT2D eigenvalue weighted by molar-refractivity contribution is 7.10. The van der Waals surface area contributed by atoms with Crippen LogP contribution in [-0.2, 0) is 6.54 Å². The Bertz CT molecular complexity index is 604. The fraction of sp³-hybridized carbons (Fsp3) is 0.214. The van der Waals surface area contributed by atoms with Gasteiger partial charge >= 0.3 is 0 Å². The van der Waals surface area contributed by atoms with E-state index in [-0.39, 0.29) is 12.5 Å². The van der Waals surface area contributed by atoms with Gasteiger partial charge in [0.2, 0.25) is 0 Å². The molecule has 0 radical (unpaired) electrons. The van der Waals surface area contributed by atoms with E-state index in [1.165, 1.54) is 23.9 Å². The molecule has 0 aliphatic heterocycles. The Morgan fingerprint density at radius 3 is 3.11 bits per heavy atom. The summed E-state index contributed by atoms with van der Waals surface area (Å²) in [5.41, 5.74) is 1.56. The lowest BCUT2D eigenvalue weighted by molar-refractivity contribution is 0.0784. The van der Waals surface area contributed by atoms with E-state index in [0.29, 0.717) is 12.1 Å². The lowest BCUT2D eigenvalue weighted by Gasteiger charge is -2.14. The average Bonchev–Trinajstić information content (AvgIpc) is 3.06. The highest BCUT2D eigenvalue weighted by Crippen LogP contribution is 2.16. The SMILES string of the molecule is CN(Cc1csc(C#CCO)c1)C(=O)c1ccoc1. The van der Waals surface area contributed by atoms with Gasteiger partial charge in [-0.25, -0.2) is 0 Å². The summed E-state index contributed by atoms with van der Waals surface area (Å²) in [6.45, 7) is 0.368. The van der Waals surface area contributed by atoms with Crippen molar-refractivity contribution in [2.75, 3.05) is 13.7 Å². The molecule has 1 N–H and O–H groups in total. The molecule has 2 rings (SSSR count). The van der Waals surface area contributed by atoms with Crippen LogP contribution in [0.1, 0.15) is 20.8 Å². The van der Waals surface area contributed by atoms with E-state index in [4.69, 9.17) is 9.52 Å². The highest BCUT2D eigenvalue weighted by Gasteiger charge is 2.13. The summed E-state index contributed by atoms with van der Waals surface area (Å²) < 4.78 is 4.90. The Kier molecular flexibility index (Phi) is 4.39. The van der Waals surface area contributed by atoms with Crippen LogP contribution in [0.15, 0.2) is 34.5 Å². The summed E-state index contributed by atoms with van der Waals surface area (Å²) in [6, 6.07) is 3.57. The quantitative estimate of drug-likeness (QED) is 0.871. The number of furan rings is 1. The number of carbonyl (C=O) groups excluding carboxylic acids is 1. The number of rotatable bonds is 3. The largest absolute Gasteiger partial charge is 0.472 e. The average molecular weight is 275 g/mol. The third-order valence-electron chi connectivity index (χ3n) is 2.48. The first-order chi connectivity index (χ1) is 9.20. The monoisotopic (exact) mass is 275 g/mol. The van der Waals surface area contributed by atoms with E-state index >= 15 is 0 Å². The number of thiophene rings is 1. The van der Waals surface area contributed by atoms with Crippen molar-refractivity contribution < 1.29 is 14.3 Å². The Morgan fingerprint density at radius 2 is 2.42 bits per heavy atom. The van der Waals surface area contributed by atoms with E-state index in [0.717, 1.165) is 10.4 Å². The van der Waals surface area contributed by atoms with Crippen molar-refractivity contribution in [3.8, 4) is 11.8 Å². The number of aliphatic hydroxyl groups is 1. The number of carbonyl (C=O) groups is 1. The maximum absolute atomic E-state index is 12.0. The van der Waals surface area contributed by atoms with Gasteiger partial charge in [0.25, 0.3) is 5.91 Å². The van der Waals surface area contributed by atoms with Crippen molar-refractivity contribution in [2.24, 2.45) is 0 Å². The van der Waals surface area contributed by atoms with Gasteiger partial charge in [0.15, 0.2) is 0 Å². The lowest BCUT2D eigenvalue weighted by atomic mass is 10.2. The molecule has 0 unspecified atom stereocenters. The molecule has 0 saturated carbocycles. The normalized spacial score (nSPS) is 9.79. The molecule has 5 heteroatoms. The molecular weight excluding hydrogens is 262 g/mol. The molecule has 0 aliphatic carbocycles. The molecule has 2 aromatic rings. The fourth-order valence-electron chi connectivity index (χ4n) is 1.60. The molecule has 2 heterocycles. The number of hydrogen-bond acceptors (Lipinski definition) is 4. The molecule has 19 heavy (non-hydrogen) atoms. The molecule has 0 aliphatic rings. The van der Waals surface area contributed by atoms with Crippen LogP contribution >= 0.6 is 11.3 Å². The summed E-state index contributed by atoms with van der Waals surface area (Å²) in [7, 11) is 1.74. The molecule has 0 fully saturated rings. The molecule has 0 aromatic carbocycles. The van der Waals surface area contributed by atoms with E-state index < -0.39 is 0 Å². The maximum Gasteiger partial charge on any atom is 0.257 e. The van der Waals surface area contributed by atoms with E-state index in [1.54, 1.807) is 18.0 Å². The predicted octanol–water partition coefficient (Wildman–Crippen LogP) is 1.96. The summed E-state index contributed by atoms with van der Waals surface area (Å²) in [5.74, 6) is 5.36. The smallest absolute Gasteiger partial charge is 0.257 e. The van der Waals surface area contributed by atoms with Crippen molar-refractivity contribution in [3.05, 3.63) is 46.0 Å². The van der Waals surface area contributed by atoms with E-state index in [2.05, 4.69) is 11.8 Å². The van der Waals surface area contributed by atoms with Crippen LogP contribution in [0.5, 0.6) is 0 Å². The van der Waals surface area contributed by atoms with Crippen LogP contribution in [0.25, 0.3) is 0 Å². The van der Waals surface area contributed by atoms with Crippen LogP contribution < -0.4 is 0 Å². The van der Waals surface area contributed by atoms with Crippen molar-refractivity contribution in [1.82, 2.24) is 4.90 Å². The third kappa shape index (κ3) is 3.47. The van der Waals surface area contributed by atoms with Gasteiger partial charge in [-0.3, -0.25) is 4.79 Å². The molecule has 2 aromatic heterocycles. The summed E-state index contributed by atoms with van der Waals surface area (Å²) in [6.07, 6.45) is 2.92. The van der Waals surface area contributed by atoms with E-state index in [9.17, 15) is 4.79 Å². The molecule has 98 valence electrons. The van der Waals surface area contributed by atoms with Crippen molar-refractivity contribution >= 4 is 17.2 Å². The molecular formula is C14H13NO3S. The Balaban J connectivity index is 2.01. The van der Waals surface area contributed by atoms with E-state index in [1.807, 2.05) is 11.4 Å². The standard InChI is InChI=1S/C14H13NO3S/c1-15(14(17)12-4-6-18-9-12)8-11-7-13(19-10-11)3-2-5-16/h4,6-7,9-10,16H,5,8H2,1H3. The topological polar surface area (TPSA) is 53.7 Å². The highest BCUT2D eigenvalue weighted by atomic mass is 32.1.